The van der Waals surface area contributed by atoms with Crippen molar-refractivity contribution < 1.29 is 23.1 Å². The third-order valence-corrected chi connectivity index (χ3v) is 6.43. The van der Waals surface area contributed by atoms with Gasteiger partial charge in [0, 0.05) is 12.6 Å². The molecule has 2 fully saturated rings. The normalized spacial score (nSPS) is 21.4. The molecule has 160 valence electrons. The summed E-state index contributed by atoms with van der Waals surface area (Å²) in [5, 5.41) is 12.0. The molecule has 0 radical (unpaired) electrons. The molecule has 0 aromatic heterocycles. The molecule has 9 heteroatoms. The topological polar surface area (TPSA) is 108 Å². The Balaban J connectivity index is 1.43. The second-order valence-corrected chi connectivity index (χ2v) is 9.49. The lowest BCUT2D eigenvalue weighted by molar-refractivity contribution is -0.119. The monoisotopic (exact) mass is 423 g/mol. The lowest BCUT2D eigenvalue weighted by Crippen LogP contribution is -2.35. The van der Waals surface area contributed by atoms with Crippen molar-refractivity contribution in [1.82, 2.24) is 14.9 Å². The van der Waals surface area contributed by atoms with E-state index in [1.165, 1.54) is 12.8 Å². The Hall–Kier alpha value is -1.94. The van der Waals surface area contributed by atoms with Crippen molar-refractivity contribution in [1.29, 1.82) is 0 Å². The number of carbonyl (C=O) groups is 1. The summed E-state index contributed by atoms with van der Waals surface area (Å²) in [6.45, 7) is 3.03. The Morgan fingerprint density at radius 2 is 2.17 bits per heavy atom. The first-order chi connectivity index (χ1) is 13.8. The fraction of sp³-hybridized carbons (Fsp3) is 0.550. The average molecular weight is 424 g/mol. The average Bonchev–Trinajstić information content (AvgIpc) is 3.44. The molecule has 1 aromatic carbocycles. The summed E-state index contributed by atoms with van der Waals surface area (Å²) in [4.78, 5) is 12.7. The summed E-state index contributed by atoms with van der Waals surface area (Å²) in [6.07, 6.45) is 5.30. The number of aliphatic hydroxyl groups is 1. The number of aliphatic hydroxyl groups excluding tert-OH is 1. The van der Waals surface area contributed by atoms with E-state index in [0.29, 0.717) is 25.5 Å². The number of nitrogens with one attached hydrogen (secondary N) is 2. The van der Waals surface area contributed by atoms with E-state index in [-0.39, 0.29) is 24.2 Å². The maximum atomic E-state index is 12.4. The number of rotatable bonds is 11. The van der Waals surface area contributed by atoms with Gasteiger partial charge in [-0.25, -0.2) is 18.0 Å². The lowest BCUT2D eigenvalue weighted by Gasteiger charge is -2.16. The number of hydrogen-bond acceptors (Lipinski definition) is 6. The number of benzene rings is 1. The lowest BCUT2D eigenvalue weighted by atomic mass is 10.1. The van der Waals surface area contributed by atoms with E-state index < -0.39 is 16.4 Å². The van der Waals surface area contributed by atoms with Crippen LogP contribution in [-0.2, 0) is 14.8 Å². The van der Waals surface area contributed by atoms with Crippen molar-refractivity contribution in [3.63, 3.8) is 0 Å². The Bertz CT molecular complexity index is 838. The number of nitrogens with zero attached hydrogens (tertiary/aromatic N) is 1. The molecule has 2 aliphatic rings. The van der Waals surface area contributed by atoms with Crippen molar-refractivity contribution in [3.8, 4) is 5.75 Å². The molecular weight excluding hydrogens is 394 g/mol. The molecule has 1 saturated heterocycles. The summed E-state index contributed by atoms with van der Waals surface area (Å²) < 4.78 is 33.2. The van der Waals surface area contributed by atoms with Crippen molar-refractivity contribution in [2.24, 2.45) is 5.92 Å². The number of ether oxygens (including phenoxy) is 1. The van der Waals surface area contributed by atoms with Crippen molar-refractivity contribution in [2.45, 2.75) is 38.6 Å². The minimum absolute atomic E-state index is 0.0363. The van der Waals surface area contributed by atoms with Gasteiger partial charge in [0.1, 0.15) is 5.75 Å². The molecular formula is C20H29N3O5S. The van der Waals surface area contributed by atoms with Crippen LogP contribution in [0.15, 0.2) is 36.4 Å². The summed E-state index contributed by atoms with van der Waals surface area (Å²) in [6, 6.07) is 7.17. The fourth-order valence-electron chi connectivity index (χ4n) is 3.04. The predicted octanol–water partition coefficient (Wildman–Crippen LogP) is 1.11. The van der Waals surface area contributed by atoms with Crippen LogP contribution in [0.1, 0.15) is 37.8 Å². The minimum atomic E-state index is -3.45. The Morgan fingerprint density at radius 3 is 2.86 bits per heavy atom. The number of hydrogen-bond donors (Lipinski definition) is 3. The molecule has 0 spiro atoms. The van der Waals surface area contributed by atoms with Gasteiger partial charge in [-0.05, 0) is 49.8 Å². The van der Waals surface area contributed by atoms with Gasteiger partial charge in [-0.2, -0.15) is 0 Å². The van der Waals surface area contributed by atoms with E-state index in [1.807, 2.05) is 31.2 Å². The van der Waals surface area contributed by atoms with Crippen LogP contribution in [-0.4, -0.2) is 56.1 Å². The number of amides is 1. The first-order valence-corrected chi connectivity index (χ1v) is 11.6. The Kier molecular flexibility index (Phi) is 7.28. The summed E-state index contributed by atoms with van der Waals surface area (Å²) in [7, 11) is -3.45. The highest BCUT2D eigenvalue weighted by molar-refractivity contribution is 7.89. The van der Waals surface area contributed by atoms with Gasteiger partial charge in [-0.1, -0.05) is 24.3 Å². The van der Waals surface area contributed by atoms with E-state index in [2.05, 4.69) is 10.0 Å². The number of carbonyl (C=O) groups excluding carboxylic acids is 1. The van der Waals surface area contributed by atoms with Crippen molar-refractivity contribution in [2.75, 3.05) is 25.4 Å². The SMILES string of the molecule is C[C@@H](NS(=O)(=O)CC/C=C/CN1CC(=O)NC1O)c1cccc(OCC2CC2)c1. The number of sulfonamides is 1. The second-order valence-electron chi connectivity index (χ2n) is 7.62. The largest absolute Gasteiger partial charge is 0.493 e. The molecule has 29 heavy (non-hydrogen) atoms. The molecule has 3 N–H and O–H groups in total. The van der Waals surface area contributed by atoms with Crippen LogP contribution in [0.4, 0.5) is 0 Å². The molecule has 8 nitrogen and oxygen atoms in total. The maximum absolute atomic E-state index is 12.4. The Morgan fingerprint density at radius 1 is 1.38 bits per heavy atom. The fourth-order valence-corrected chi connectivity index (χ4v) is 4.27. The van der Waals surface area contributed by atoms with Crippen molar-refractivity contribution in [3.05, 3.63) is 42.0 Å². The van der Waals surface area contributed by atoms with Crippen LogP contribution in [0.2, 0.25) is 0 Å². The van der Waals surface area contributed by atoms with Crippen LogP contribution in [0.25, 0.3) is 0 Å². The quantitative estimate of drug-likeness (QED) is 0.460. The molecule has 0 bridgehead atoms. The zero-order valence-electron chi connectivity index (χ0n) is 16.6. The highest BCUT2D eigenvalue weighted by Crippen LogP contribution is 2.30. The van der Waals surface area contributed by atoms with E-state index in [4.69, 9.17) is 4.74 Å². The first-order valence-electron chi connectivity index (χ1n) is 9.91. The predicted molar refractivity (Wildman–Crippen MR) is 109 cm³/mol. The first kappa shape index (κ1) is 21.8. The van der Waals surface area contributed by atoms with Crippen LogP contribution < -0.4 is 14.8 Å². The van der Waals surface area contributed by atoms with E-state index in [0.717, 1.165) is 11.3 Å². The zero-order valence-corrected chi connectivity index (χ0v) is 17.4. The van der Waals surface area contributed by atoms with Gasteiger partial charge < -0.3 is 15.2 Å². The maximum Gasteiger partial charge on any atom is 0.237 e. The summed E-state index contributed by atoms with van der Waals surface area (Å²) in [5.41, 5.74) is 0.859. The van der Waals surface area contributed by atoms with Gasteiger partial charge >= 0.3 is 0 Å². The van der Waals surface area contributed by atoms with Gasteiger partial charge in [0.05, 0.1) is 18.9 Å². The van der Waals surface area contributed by atoms with Crippen LogP contribution in [0, 0.1) is 5.92 Å². The highest BCUT2D eigenvalue weighted by Gasteiger charge is 2.26. The minimum Gasteiger partial charge on any atom is -0.493 e. The molecule has 1 heterocycles. The summed E-state index contributed by atoms with van der Waals surface area (Å²) >= 11 is 0. The number of allylic oxidation sites excluding steroid dienone is 1. The van der Waals surface area contributed by atoms with E-state index >= 15 is 0 Å². The molecule has 3 rings (SSSR count). The standard InChI is InChI=1S/C20H29N3O5S/c1-15(17-6-5-7-18(12-17)28-14-16-8-9-16)22-29(26,27)11-4-2-3-10-23-13-19(24)21-20(23)25/h2-3,5-7,12,15-16,20,22,25H,4,8-11,13-14H2,1H3,(H,21,24)/b3-2+/t15-,20?/m1/s1. The van der Waals surface area contributed by atoms with E-state index in [1.54, 1.807) is 17.1 Å². The molecule has 1 aliphatic heterocycles. The Labute approximate surface area is 172 Å². The van der Waals surface area contributed by atoms with Crippen LogP contribution >= 0.6 is 0 Å². The third kappa shape index (κ3) is 7.11. The molecule has 1 amide bonds. The smallest absolute Gasteiger partial charge is 0.237 e. The highest BCUT2D eigenvalue weighted by atomic mass is 32.2. The zero-order chi connectivity index (χ0) is 20.9. The molecule has 2 atom stereocenters. The van der Waals surface area contributed by atoms with Crippen LogP contribution in [0.3, 0.4) is 0 Å². The van der Waals surface area contributed by atoms with E-state index in [9.17, 15) is 18.3 Å². The molecule has 1 aromatic rings. The molecule has 1 unspecified atom stereocenters. The van der Waals surface area contributed by atoms with Gasteiger partial charge in [0.2, 0.25) is 15.9 Å². The van der Waals surface area contributed by atoms with Gasteiger partial charge in [-0.3, -0.25) is 4.79 Å². The van der Waals surface area contributed by atoms with Gasteiger partial charge in [-0.15, -0.1) is 0 Å². The summed E-state index contributed by atoms with van der Waals surface area (Å²) in [5.74, 6) is 1.16. The molecule has 1 saturated carbocycles. The van der Waals surface area contributed by atoms with Gasteiger partial charge in [0.25, 0.3) is 0 Å². The van der Waals surface area contributed by atoms with Crippen LogP contribution in [0.5, 0.6) is 5.75 Å². The second kappa shape index (κ2) is 9.71. The van der Waals surface area contributed by atoms with Gasteiger partial charge in [0.15, 0.2) is 6.35 Å². The van der Waals surface area contributed by atoms with Crippen molar-refractivity contribution >= 4 is 15.9 Å². The molecule has 1 aliphatic carbocycles. The third-order valence-electron chi connectivity index (χ3n) is 4.94.